The van der Waals surface area contributed by atoms with Crippen LogP contribution in [0.25, 0.3) is 0 Å². The van der Waals surface area contributed by atoms with Crippen molar-refractivity contribution in [3.8, 4) is 0 Å². The van der Waals surface area contributed by atoms with Gasteiger partial charge in [-0.3, -0.25) is 4.79 Å². The molecule has 0 radical (unpaired) electrons. The summed E-state index contributed by atoms with van der Waals surface area (Å²) >= 11 is 4.77. The number of thiophene rings is 1. The van der Waals surface area contributed by atoms with E-state index in [2.05, 4.69) is 15.9 Å². The first kappa shape index (κ1) is 12.5. The zero-order valence-electron chi connectivity index (χ0n) is 9.10. The molecule has 0 aliphatic heterocycles. The molecule has 0 amide bonds. The Hall–Kier alpha value is -0.970. The lowest BCUT2D eigenvalue weighted by Crippen LogP contribution is -2.32. The van der Waals surface area contributed by atoms with Crippen molar-refractivity contribution in [3.63, 3.8) is 0 Å². The van der Waals surface area contributed by atoms with E-state index < -0.39 is 6.04 Å². The number of ketones is 1. The maximum atomic E-state index is 12.1. The third-order valence-corrected chi connectivity index (χ3v) is 4.33. The lowest BCUT2D eigenvalue weighted by Gasteiger charge is -2.09. The number of nitrogens with two attached hydrogens (primary N) is 1. The highest BCUT2D eigenvalue weighted by molar-refractivity contribution is 9.10. The van der Waals surface area contributed by atoms with E-state index in [-0.39, 0.29) is 5.78 Å². The number of rotatable bonds is 4. The third-order valence-electron chi connectivity index (χ3n) is 2.48. The van der Waals surface area contributed by atoms with Gasteiger partial charge >= 0.3 is 0 Å². The number of halogens is 1. The zero-order chi connectivity index (χ0) is 12.3. The molecule has 0 spiro atoms. The summed E-state index contributed by atoms with van der Waals surface area (Å²) < 4.78 is 0.830. The van der Waals surface area contributed by atoms with Gasteiger partial charge in [-0.1, -0.05) is 30.3 Å². The van der Waals surface area contributed by atoms with E-state index in [9.17, 15) is 4.79 Å². The normalized spacial score (nSPS) is 12.4. The number of carbonyl (C=O) groups is 1. The first-order valence-electron chi connectivity index (χ1n) is 5.25. The first-order chi connectivity index (χ1) is 8.18. The lowest BCUT2D eigenvalue weighted by molar-refractivity contribution is 0.0964. The fourth-order valence-electron chi connectivity index (χ4n) is 1.60. The van der Waals surface area contributed by atoms with Gasteiger partial charge in [-0.2, -0.15) is 0 Å². The topological polar surface area (TPSA) is 43.1 Å². The van der Waals surface area contributed by atoms with Gasteiger partial charge in [0.25, 0.3) is 0 Å². The number of Topliss-reactive ketones (excluding diaryl/α,β-unsaturated/α-hetero) is 1. The van der Waals surface area contributed by atoms with Crippen molar-refractivity contribution < 1.29 is 4.79 Å². The number of hydrogen-bond acceptors (Lipinski definition) is 3. The van der Waals surface area contributed by atoms with Crippen molar-refractivity contribution in [1.82, 2.24) is 0 Å². The molecule has 0 aliphatic carbocycles. The second kappa shape index (κ2) is 5.58. The predicted molar refractivity (Wildman–Crippen MR) is 74.5 cm³/mol. The molecule has 88 valence electrons. The summed E-state index contributed by atoms with van der Waals surface area (Å²) in [5.74, 6) is -0.00396. The van der Waals surface area contributed by atoms with E-state index >= 15 is 0 Å². The van der Waals surface area contributed by atoms with Crippen molar-refractivity contribution in [2.75, 3.05) is 0 Å². The highest BCUT2D eigenvalue weighted by Crippen LogP contribution is 2.24. The minimum atomic E-state index is -0.479. The summed E-state index contributed by atoms with van der Waals surface area (Å²) in [6.45, 7) is 0. The van der Waals surface area contributed by atoms with Crippen LogP contribution >= 0.6 is 27.3 Å². The van der Waals surface area contributed by atoms with Crippen LogP contribution in [0.4, 0.5) is 0 Å². The highest BCUT2D eigenvalue weighted by atomic mass is 79.9. The fraction of sp³-hybridized carbons (Fsp3) is 0.154. The van der Waals surface area contributed by atoms with Gasteiger partial charge in [0.1, 0.15) is 0 Å². The Labute approximate surface area is 113 Å². The molecule has 2 rings (SSSR count). The standard InChI is InChI=1S/C13H12BrNOS/c14-10-6-7-17-13(10)12(16)11(15)8-9-4-2-1-3-5-9/h1-7,11H,8,15H2. The summed E-state index contributed by atoms with van der Waals surface area (Å²) in [7, 11) is 0. The van der Waals surface area contributed by atoms with Crippen LogP contribution in [0.3, 0.4) is 0 Å². The predicted octanol–water partition coefficient (Wildman–Crippen LogP) is 3.26. The van der Waals surface area contributed by atoms with Crippen LogP contribution in [-0.2, 0) is 6.42 Å². The maximum Gasteiger partial charge on any atom is 0.190 e. The molecule has 17 heavy (non-hydrogen) atoms. The van der Waals surface area contributed by atoms with Crippen molar-refractivity contribution in [1.29, 1.82) is 0 Å². The molecule has 1 aromatic heterocycles. The Balaban J connectivity index is 2.09. The number of benzene rings is 1. The van der Waals surface area contributed by atoms with Gasteiger partial charge < -0.3 is 5.73 Å². The van der Waals surface area contributed by atoms with Gasteiger partial charge in [0, 0.05) is 4.47 Å². The van der Waals surface area contributed by atoms with Crippen LogP contribution in [0.15, 0.2) is 46.3 Å². The molecule has 2 N–H and O–H groups in total. The average molecular weight is 310 g/mol. The molecule has 4 heteroatoms. The average Bonchev–Trinajstić information content (AvgIpc) is 2.76. The molecular weight excluding hydrogens is 298 g/mol. The smallest absolute Gasteiger partial charge is 0.190 e. The molecule has 0 aliphatic rings. The van der Waals surface area contributed by atoms with Crippen LogP contribution < -0.4 is 5.73 Å². The van der Waals surface area contributed by atoms with Crippen LogP contribution in [0.5, 0.6) is 0 Å². The van der Waals surface area contributed by atoms with Crippen LogP contribution in [0.1, 0.15) is 15.2 Å². The van der Waals surface area contributed by atoms with E-state index in [1.807, 2.05) is 41.8 Å². The van der Waals surface area contributed by atoms with Crippen LogP contribution in [0.2, 0.25) is 0 Å². The lowest BCUT2D eigenvalue weighted by atomic mass is 10.0. The molecule has 1 heterocycles. The van der Waals surface area contributed by atoms with Crippen LogP contribution in [-0.4, -0.2) is 11.8 Å². The Morgan fingerprint density at radius 1 is 1.29 bits per heavy atom. The summed E-state index contributed by atoms with van der Waals surface area (Å²) in [5, 5.41) is 1.88. The molecule has 0 fully saturated rings. The Kier molecular flexibility index (Phi) is 4.10. The molecule has 2 aromatic rings. The minimum Gasteiger partial charge on any atom is -0.321 e. The molecule has 0 saturated heterocycles. The molecule has 1 atom stereocenters. The van der Waals surface area contributed by atoms with Crippen molar-refractivity contribution in [2.24, 2.45) is 5.73 Å². The third kappa shape index (κ3) is 3.03. The Morgan fingerprint density at radius 3 is 2.59 bits per heavy atom. The van der Waals surface area contributed by atoms with Gasteiger partial charge in [-0.25, -0.2) is 0 Å². The summed E-state index contributed by atoms with van der Waals surface area (Å²) in [5.41, 5.74) is 7.03. The van der Waals surface area contributed by atoms with Gasteiger partial charge in [0.05, 0.1) is 10.9 Å². The van der Waals surface area contributed by atoms with E-state index in [1.54, 1.807) is 0 Å². The van der Waals surface area contributed by atoms with Crippen LogP contribution in [0, 0.1) is 0 Å². The van der Waals surface area contributed by atoms with Gasteiger partial charge in [0.2, 0.25) is 0 Å². The second-order valence-electron chi connectivity index (χ2n) is 3.76. The molecule has 1 unspecified atom stereocenters. The summed E-state index contributed by atoms with van der Waals surface area (Å²) in [6.07, 6.45) is 0.573. The number of hydrogen-bond donors (Lipinski definition) is 1. The number of carbonyl (C=O) groups excluding carboxylic acids is 1. The van der Waals surface area contributed by atoms with Crippen molar-refractivity contribution in [2.45, 2.75) is 12.5 Å². The highest BCUT2D eigenvalue weighted by Gasteiger charge is 2.19. The first-order valence-corrected chi connectivity index (χ1v) is 6.92. The second-order valence-corrected chi connectivity index (χ2v) is 5.53. The monoisotopic (exact) mass is 309 g/mol. The van der Waals surface area contributed by atoms with Gasteiger partial charge in [-0.15, -0.1) is 11.3 Å². The van der Waals surface area contributed by atoms with E-state index in [0.29, 0.717) is 11.3 Å². The summed E-state index contributed by atoms with van der Waals surface area (Å²) in [4.78, 5) is 12.8. The van der Waals surface area contributed by atoms with E-state index in [1.165, 1.54) is 11.3 Å². The Morgan fingerprint density at radius 2 is 2.00 bits per heavy atom. The van der Waals surface area contributed by atoms with Crippen molar-refractivity contribution in [3.05, 3.63) is 56.7 Å². The maximum absolute atomic E-state index is 12.1. The molecule has 1 aromatic carbocycles. The molecule has 0 saturated carbocycles. The quantitative estimate of drug-likeness (QED) is 0.881. The largest absolute Gasteiger partial charge is 0.321 e. The Bertz CT molecular complexity index is 509. The van der Waals surface area contributed by atoms with E-state index in [0.717, 1.165) is 10.0 Å². The van der Waals surface area contributed by atoms with Gasteiger partial charge in [-0.05, 0) is 39.4 Å². The molecule has 2 nitrogen and oxygen atoms in total. The molecule has 0 bridgehead atoms. The van der Waals surface area contributed by atoms with Gasteiger partial charge in [0.15, 0.2) is 5.78 Å². The van der Waals surface area contributed by atoms with E-state index in [4.69, 9.17) is 5.73 Å². The van der Waals surface area contributed by atoms with Crippen molar-refractivity contribution >= 4 is 33.0 Å². The minimum absolute atomic E-state index is 0.00396. The molecular formula is C13H12BrNOS. The summed E-state index contributed by atoms with van der Waals surface area (Å²) in [6, 6.07) is 11.2. The SMILES string of the molecule is NC(Cc1ccccc1)C(=O)c1sccc1Br. The fourth-order valence-corrected chi connectivity index (χ4v) is 3.17. The zero-order valence-corrected chi connectivity index (χ0v) is 11.5.